The average Bonchev–Trinajstić information content (AvgIpc) is 3.01. The molecule has 7 heteroatoms. The summed E-state index contributed by atoms with van der Waals surface area (Å²) in [6.45, 7) is 5.25. The smallest absolute Gasteiger partial charge is 0.132 e. The SMILES string of the molecule is [O-][Cl+](O)(O)O.c1ccc(C2C[N+]3(CCCC3)CC3(CCCCC3)O2)cc1. The van der Waals surface area contributed by atoms with Crippen molar-refractivity contribution in [3.63, 3.8) is 0 Å². The van der Waals surface area contributed by atoms with E-state index in [2.05, 4.69) is 30.3 Å². The quantitative estimate of drug-likeness (QED) is 0.629. The number of morpholine rings is 1. The number of nitrogens with zero attached hydrogens (tertiary/aromatic N) is 1. The minimum Gasteiger partial charge on any atom is -0.355 e. The van der Waals surface area contributed by atoms with Crippen LogP contribution in [0.25, 0.3) is 0 Å². The van der Waals surface area contributed by atoms with Crippen molar-refractivity contribution in [2.75, 3.05) is 26.2 Å². The first-order valence-electron chi connectivity index (χ1n) is 9.53. The molecule has 3 N–H and O–H groups in total. The fourth-order valence-electron chi connectivity index (χ4n) is 5.06. The van der Waals surface area contributed by atoms with E-state index in [9.17, 15) is 0 Å². The summed E-state index contributed by atoms with van der Waals surface area (Å²) in [5.41, 5.74) is 1.58. The van der Waals surface area contributed by atoms with Crippen molar-refractivity contribution in [1.29, 1.82) is 0 Å². The van der Waals surface area contributed by atoms with E-state index in [-0.39, 0.29) is 5.60 Å². The zero-order valence-corrected chi connectivity index (χ0v) is 16.0. The van der Waals surface area contributed by atoms with E-state index in [0.717, 1.165) is 0 Å². The first kappa shape index (κ1) is 20.0. The van der Waals surface area contributed by atoms with E-state index < -0.39 is 10.2 Å². The van der Waals surface area contributed by atoms with E-state index in [0.29, 0.717) is 6.10 Å². The molecule has 0 amide bonds. The van der Waals surface area contributed by atoms with Crippen LogP contribution in [0.2, 0.25) is 0 Å². The van der Waals surface area contributed by atoms with Gasteiger partial charge < -0.3 is 9.22 Å². The van der Waals surface area contributed by atoms with Gasteiger partial charge in [0, 0.05) is 12.8 Å². The monoisotopic (exact) mass is 388 g/mol. The van der Waals surface area contributed by atoms with Crippen molar-refractivity contribution < 1.29 is 38.1 Å². The zero-order valence-electron chi connectivity index (χ0n) is 15.2. The Kier molecular flexibility index (Phi) is 6.24. The molecule has 2 aliphatic heterocycles. The Balaban J connectivity index is 0.000000349. The van der Waals surface area contributed by atoms with Crippen LogP contribution in [-0.4, -0.2) is 50.2 Å². The van der Waals surface area contributed by atoms with Crippen LogP contribution in [0.15, 0.2) is 30.3 Å². The van der Waals surface area contributed by atoms with Gasteiger partial charge in [-0.15, -0.1) is 0 Å². The van der Waals surface area contributed by atoms with Crippen LogP contribution in [-0.2, 0) is 4.74 Å². The maximum absolute atomic E-state index is 8.83. The maximum Gasteiger partial charge on any atom is 0.132 e. The molecular weight excluding hydrogens is 358 g/mol. The van der Waals surface area contributed by atoms with Gasteiger partial charge in [0.05, 0.1) is 13.1 Å². The molecule has 6 nitrogen and oxygen atoms in total. The van der Waals surface area contributed by atoms with Gasteiger partial charge in [0.15, 0.2) is 0 Å². The molecule has 0 bridgehead atoms. The van der Waals surface area contributed by atoms with Crippen molar-refractivity contribution in [1.82, 2.24) is 0 Å². The molecule has 0 aromatic heterocycles. The molecule has 1 aliphatic carbocycles. The van der Waals surface area contributed by atoms with Crippen molar-refractivity contribution >= 4 is 0 Å². The normalized spacial score (nSPS) is 27.8. The number of halogens is 1. The molecule has 0 radical (unpaired) electrons. The maximum atomic E-state index is 8.83. The molecule has 1 aromatic rings. The van der Waals surface area contributed by atoms with Gasteiger partial charge in [-0.2, -0.15) is 0 Å². The minimum absolute atomic E-state index is 0.182. The van der Waals surface area contributed by atoms with Crippen LogP contribution < -0.4 is 4.66 Å². The average molecular weight is 389 g/mol. The minimum atomic E-state index is -4.19. The fraction of sp³-hybridized carbons (Fsp3) is 0.684. The second kappa shape index (κ2) is 8.10. The van der Waals surface area contributed by atoms with E-state index in [1.807, 2.05) is 0 Å². The molecule has 2 spiro atoms. The molecule has 1 saturated carbocycles. The second-order valence-electron chi connectivity index (χ2n) is 8.03. The summed E-state index contributed by atoms with van der Waals surface area (Å²) in [6, 6.07) is 11.0. The molecule has 2 heterocycles. The third-order valence-corrected chi connectivity index (χ3v) is 6.02. The Hall–Kier alpha value is -0.730. The summed E-state index contributed by atoms with van der Waals surface area (Å²) in [7, 11) is -4.19. The topological polar surface area (TPSA) is 93.0 Å². The largest absolute Gasteiger partial charge is 0.355 e. The predicted molar refractivity (Wildman–Crippen MR) is 91.7 cm³/mol. The Bertz CT molecular complexity index is 559. The molecular formula is C19H31ClNO5+. The number of quaternary nitrogens is 1. The van der Waals surface area contributed by atoms with Crippen LogP contribution in [0.4, 0.5) is 0 Å². The van der Waals surface area contributed by atoms with Gasteiger partial charge in [0.1, 0.15) is 24.8 Å². The van der Waals surface area contributed by atoms with Crippen LogP contribution in [0.5, 0.6) is 0 Å². The number of hydrogen-bond donors (Lipinski definition) is 3. The molecule has 1 atom stereocenters. The van der Waals surface area contributed by atoms with Gasteiger partial charge in [-0.1, -0.05) is 49.6 Å². The van der Waals surface area contributed by atoms with E-state index in [1.54, 1.807) is 0 Å². The van der Waals surface area contributed by atoms with Crippen LogP contribution in [0.3, 0.4) is 0 Å². The Labute approximate surface area is 157 Å². The van der Waals surface area contributed by atoms with Crippen LogP contribution in [0.1, 0.15) is 56.6 Å². The number of ether oxygens (including phenoxy) is 1. The summed E-state index contributed by atoms with van der Waals surface area (Å²) in [4.78, 5) is 0. The zero-order chi connectivity index (χ0) is 18.7. The second-order valence-corrected chi connectivity index (χ2v) is 8.90. The molecule has 2 saturated heterocycles. The first-order chi connectivity index (χ1) is 12.3. The fourth-order valence-corrected chi connectivity index (χ4v) is 5.06. The van der Waals surface area contributed by atoms with Gasteiger partial charge >= 0.3 is 28.9 Å². The summed E-state index contributed by atoms with van der Waals surface area (Å²) in [6.07, 6.45) is 9.85. The van der Waals surface area contributed by atoms with Crippen LogP contribution >= 0.6 is 0 Å². The van der Waals surface area contributed by atoms with E-state index in [4.69, 9.17) is 23.4 Å². The van der Waals surface area contributed by atoms with Gasteiger partial charge in [-0.25, -0.2) is 0 Å². The number of rotatable bonds is 1. The molecule has 1 unspecified atom stereocenters. The van der Waals surface area contributed by atoms with E-state index in [1.165, 1.54) is 81.2 Å². The molecule has 3 aliphatic rings. The summed E-state index contributed by atoms with van der Waals surface area (Å²) >= 11 is 0. The van der Waals surface area contributed by atoms with Crippen molar-refractivity contribution in [3.05, 3.63) is 35.9 Å². The molecule has 148 valence electrons. The molecule has 3 fully saturated rings. The summed E-state index contributed by atoms with van der Waals surface area (Å²) in [5, 5.41) is 0. The predicted octanol–water partition coefficient (Wildman–Crippen LogP) is 1.21. The Morgan fingerprint density at radius 2 is 1.54 bits per heavy atom. The van der Waals surface area contributed by atoms with Gasteiger partial charge in [0.25, 0.3) is 0 Å². The van der Waals surface area contributed by atoms with Crippen molar-refractivity contribution in [3.8, 4) is 0 Å². The van der Waals surface area contributed by atoms with Crippen molar-refractivity contribution in [2.45, 2.75) is 56.7 Å². The third kappa shape index (κ3) is 5.39. The van der Waals surface area contributed by atoms with E-state index >= 15 is 0 Å². The van der Waals surface area contributed by atoms with Gasteiger partial charge in [-0.05, 0) is 18.4 Å². The standard InChI is InChI=1S/C19H28NO.ClH3O4/c1-3-9-17(10-4-1)18-15-20(13-7-8-14-20)16-19(21-18)11-5-2-6-12-19;2-1(3,4)5/h1,3-4,9-10,18H,2,5-8,11-16H2;2-4H/q+1;. The Morgan fingerprint density at radius 1 is 0.962 bits per heavy atom. The molecule has 1 aromatic carbocycles. The van der Waals surface area contributed by atoms with Crippen molar-refractivity contribution in [2.24, 2.45) is 0 Å². The third-order valence-electron chi connectivity index (χ3n) is 6.02. The molecule has 26 heavy (non-hydrogen) atoms. The summed E-state index contributed by atoms with van der Waals surface area (Å²) in [5.74, 6) is 0. The first-order valence-corrected chi connectivity index (χ1v) is 10.9. The Morgan fingerprint density at radius 3 is 2.12 bits per heavy atom. The van der Waals surface area contributed by atoms with Gasteiger partial charge in [-0.3, -0.25) is 0 Å². The number of hydrogen-bond acceptors (Lipinski definition) is 5. The number of benzene rings is 1. The molecule has 4 rings (SSSR count). The van der Waals surface area contributed by atoms with Crippen LogP contribution in [0, 0.1) is 10.2 Å². The summed E-state index contributed by atoms with van der Waals surface area (Å²) < 4.78 is 38.3. The van der Waals surface area contributed by atoms with Gasteiger partial charge in [0.2, 0.25) is 0 Å².